The first-order chi connectivity index (χ1) is 41.9. The van der Waals surface area contributed by atoms with Gasteiger partial charge >= 0.3 is 12.2 Å². The molecule has 5 aromatic carbocycles. The van der Waals surface area contributed by atoms with Gasteiger partial charge in [-0.25, -0.2) is 22.7 Å². The van der Waals surface area contributed by atoms with E-state index < -0.39 is 98.2 Å². The summed E-state index contributed by atoms with van der Waals surface area (Å²) in [5, 5.41) is 17.3. The van der Waals surface area contributed by atoms with E-state index in [1.54, 1.807) is 40.9 Å². The minimum absolute atomic E-state index is 0.0107. The number of anilines is 1. The molecule has 19 nitrogen and oxygen atoms in total. The number of alkyl carbamates (subject to hydrolysis) is 2. The second kappa shape index (κ2) is 30.7. The molecule has 0 saturated carbocycles. The minimum atomic E-state index is -4.31. The van der Waals surface area contributed by atoms with Crippen LogP contribution in [0.4, 0.5) is 15.3 Å². The number of rotatable bonds is 27. The lowest BCUT2D eigenvalue weighted by molar-refractivity contribution is -0.141. The van der Waals surface area contributed by atoms with Crippen LogP contribution in [-0.2, 0) is 61.1 Å². The molecular formula is C69H90N8O11S. The normalized spacial score (nSPS) is 14.3. The van der Waals surface area contributed by atoms with Gasteiger partial charge in [-0.3, -0.25) is 24.0 Å². The van der Waals surface area contributed by atoms with Crippen LogP contribution in [0.2, 0.25) is 0 Å². The number of nitrogens with zero attached hydrogens (tertiary/aromatic N) is 1. The van der Waals surface area contributed by atoms with Crippen LogP contribution in [0, 0.1) is 11.3 Å². The van der Waals surface area contributed by atoms with E-state index in [4.69, 9.17) is 9.47 Å². The zero-order chi connectivity index (χ0) is 65.4. The van der Waals surface area contributed by atoms with Crippen molar-refractivity contribution in [1.29, 1.82) is 0 Å². The first-order valence-electron chi connectivity index (χ1n) is 30.2. The molecule has 478 valence electrons. The molecule has 20 heteroatoms. The number of hydrogen-bond acceptors (Lipinski definition) is 12. The van der Waals surface area contributed by atoms with Crippen LogP contribution in [0.3, 0.4) is 0 Å². The molecule has 7 N–H and O–H groups in total. The number of benzene rings is 5. The predicted octanol–water partition coefficient (Wildman–Crippen LogP) is 9.43. The van der Waals surface area contributed by atoms with Gasteiger partial charge in [0.2, 0.25) is 33.7 Å². The van der Waals surface area contributed by atoms with E-state index in [9.17, 15) is 42.0 Å². The van der Waals surface area contributed by atoms with Gasteiger partial charge in [-0.05, 0) is 116 Å². The first kappa shape index (κ1) is 69.7. The highest BCUT2D eigenvalue weighted by molar-refractivity contribution is 7.89. The summed E-state index contributed by atoms with van der Waals surface area (Å²) in [5.74, 6) is -3.99. The Labute approximate surface area is 525 Å². The molecule has 0 aliphatic heterocycles. The highest BCUT2D eigenvalue weighted by atomic mass is 32.2. The molecule has 0 saturated heterocycles. The summed E-state index contributed by atoms with van der Waals surface area (Å²) in [7, 11) is -1.01. The van der Waals surface area contributed by atoms with Gasteiger partial charge in [-0.15, -0.1) is 0 Å². The molecule has 0 bridgehead atoms. The topological polar surface area (TPSA) is 260 Å². The van der Waals surface area contributed by atoms with Crippen molar-refractivity contribution in [3.8, 4) is 11.1 Å². The summed E-state index contributed by atoms with van der Waals surface area (Å²) in [6.45, 7) is 20.2. The van der Waals surface area contributed by atoms with Crippen LogP contribution in [-0.4, -0.2) is 118 Å². The van der Waals surface area contributed by atoms with Crippen molar-refractivity contribution in [2.24, 2.45) is 11.3 Å². The molecule has 0 fully saturated rings. The number of likely N-dealkylation sites (N-methyl/N-ethyl adjacent to an activating group) is 2. The predicted molar refractivity (Wildman–Crippen MR) is 347 cm³/mol. The fraction of sp³-hybridized carbons (Fsp3) is 0.435. The summed E-state index contributed by atoms with van der Waals surface area (Å²) < 4.78 is 40.5. The number of carbonyl (C=O) groups is 7. The Morgan fingerprint density at radius 2 is 1.21 bits per heavy atom. The zero-order valence-corrected chi connectivity index (χ0v) is 54.4. The van der Waals surface area contributed by atoms with Gasteiger partial charge in [0.1, 0.15) is 30.3 Å². The Hall–Kier alpha value is -8.36. The SMILES string of the molecule is CN[C@H](C(=O)N[C@H](C(=O)N(C)[C@H](/C=C(\C)C(=O)NS(=O)(=O)Cc1ccc(NC(=O)[C@H](CCCCNC(=O)OC(C)(C)C)NC(=O)[C@H](Cc2ccccc2)NC(=O)OCC2c3ccccc3-c3ccccc32)cc1)C(C)C)C(C)(C)C)C(C)(C)c1ccccc1. The lowest BCUT2D eigenvalue weighted by atomic mass is 9.76. The molecule has 5 atom stereocenters. The van der Waals surface area contributed by atoms with Crippen molar-refractivity contribution in [1.82, 2.24) is 36.2 Å². The molecule has 0 aromatic heterocycles. The number of fused-ring (bicyclic) bond motifs is 3. The number of unbranched alkanes of at least 4 members (excludes halogenated alkanes) is 1. The maximum absolute atomic E-state index is 14.5. The summed E-state index contributed by atoms with van der Waals surface area (Å²) in [6.07, 6.45) is 1.09. The second-order valence-electron chi connectivity index (χ2n) is 25.7. The maximum atomic E-state index is 14.5. The van der Waals surface area contributed by atoms with Gasteiger partial charge in [0.05, 0.1) is 17.8 Å². The average Bonchev–Trinajstić information content (AvgIpc) is 1.74. The van der Waals surface area contributed by atoms with E-state index in [0.29, 0.717) is 12.8 Å². The quantitative estimate of drug-likeness (QED) is 0.0192. The largest absolute Gasteiger partial charge is 0.449 e. The van der Waals surface area contributed by atoms with Crippen molar-refractivity contribution in [3.05, 3.63) is 173 Å². The highest BCUT2D eigenvalue weighted by Crippen LogP contribution is 2.44. The van der Waals surface area contributed by atoms with E-state index in [1.165, 1.54) is 36.1 Å². The van der Waals surface area contributed by atoms with Crippen LogP contribution in [0.25, 0.3) is 11.1 Å². The monoisotopic (exact) mass is 1240 g/mol. The molecule has 0 unspecified atom stereocenters. The summed E-state index contributed by atoms with van der Waals surface area (Å²) >= 11 is 0. The van der Waals surface area contributed by atoms with Gasteiger partial charge in [0, 0.05) is 42.6 Å². The number of carbonyl (C=O) groups excluding carboxylic acids is 7. The third-order valence-corrected chi connectivity index (χ3v) is 16.9. The average molecular weight is 1240 g/mol. The van der Waals surface area contributed by atoms with Crippen LogP contribution in [0.1, 0.15) is 129 Å². The lowest BCUT2D eigenvalue weighted by Gasteiger charge is -2.40. The van der Waals surface area contributed by atoms with Gasteiger partial charge in [0.15, 0.2) is 0 Å². The standard InChI is InChI=1S/C69H90N8O11S/c1-44(2)57(77(13)64(82)59(67(4,5)6)75-63(81)58(70-12)69(10,11)48-28-18-15-19-29-48)40-45(3)60(78)76-89(85,86)43-47-35-37-49(38-36-47)72-61(79)55(34-24-25-39-71-65(83)88-68(7,8)9)73-62(80)56(41-46-26-16-14-17-27-46)74-66(84)87-42-54-52-32-22-20-30-50(52)51-31-21-23-33-53(51)54/h14-23,26-33,35-38,40,44,54-59,70H,24-25,34,39,41-43H2,1-13H3,(H,71,83)(H,72,79)(H,73,80)(H,74,84)(H,75,81)(H,76,78)/b45-40+/t55-,56-,57+,58+,59+/m0/s1. The lowest BCUT2D eigenvalue weighted by Crippen LogP contribution is -2.61. The van der Waals surface area contributed by atoms with Crippen molar-refractivity contribution in [2.45, 2.75) is 155 Å². The summed E-state index contributed by atoms with van der Waals surface area (Å²) in [6, 6.07) is 35.9. The number of hydrogen-bond donors (Lipinski definition) is 7. The molecule has 5 aromatic rings. The van der Waals surface area contributed by atoms with Crippen LogP contribution >= 0.6 is 0 Å². The van der Waals surface area contributed by atoms with E-state index in [0.717, 1.165) is 33.4 Å². The van der Waals surface area contributed by atoms with Crippen LogP contribution < -0.4 is 36.6 Å². The Balaban J connectivity index is 1.11. The van der Waals surface area contributed by atoms with Gasteiger partial charge in [0.25, 0.3) is 5.91 Å². The molecule has 1 aliphatic rings. The van der Waals surface area contributed by atoms with Crippen molar-refractivity contribution >= 4 is 57.4 Å². The van der Waals surface area contributed by atoms with E-state index >= 15 is 0 Å². The molecule has 0 spiro atoms. The fourth-order valence-corrected chi connectivity index (χ4v) is 12.1. The summed E-state index contributed by atoms with van der Waals surface area (Å²) in [5.41, 5.74) is 4.34. The number of ether oxygens (including phenoxy) is 2. The molecule has 89 heavy (non-hydrogen) atoms. The van der Waals surface area contributed by atoms with Crippen LogP contribution in [0.15, 0.2) is 145 Å². The van der Waals surface area contributed by atoms with Crippen molar-refractivity contribution in [2.75, 3.05) is 32.6 Å². The van der Waals surface area contributed by atoms with Crippen LogP contribution in [0.5, 0.6) is 0 Å². The maximum Gasteiger partial charge on any atom is 0.407 e. The van der Waals surface area contributed by atoms with E-state index in [-0.39, 0.29) is 60.6 Å². The molecule has 1 aliphatic carbocycles. The Morgan fingerprint density at radius 1 is 0.640 bits per heavy atom. The van der Waals surface area contributed by atoms with Gasteiger partial charge < -0.3 is 46.3 Å². The molecule has 7 amide bonds. The molecular weight excluding hydrogens is 1150 g/mol. The Kier molecular flexibility index (Phi) is 24.1. The van der Waals surface area contributed by atoms with Gasteiger partial charge in [-0.2, -0.15) is 0 Å². The fourth-order valence-electron chi connectivity index (χ4n) is 10.9. The molecule has 0 radical (unpaired) electrons. The Bertz CT molecular complexity index is 3370. The number of sulfonamides is 1. The number of amides is 7. The highest BCUT2D eigenvalue weighted by Gasteiger charge is 2.42. The van der Waals surface area contributed by atoms with E-state index in [2.05, 4.69) is 36.6 Å². The van der Waals surface area contributed by atoms with Gasteiger partial charge in [-0.1, -0.05) is 176 Å². The third-order valence-electron chi connectivity index (χ3n) is 15.7. The summed E-state index contributed by atoms with van der Waals surface area (Å²) in [4.78, 5) is 98.4. The van der Waals surface area contributed by atoms with E-state index in [1.807, 2.05) is 158 Å². The third kappa shape index (κ3) is 19.8. The minimum Gasteiger partial charge on any atom is -0.449 e. The smallest absolute Gasteiger partial charge is 0.407 e. The second-order valence-corrected chi connectivity index (χ2v) is 27.4. The van der Waals surface area contributed by atoms with Crippen molar-refractivity contribution < 1.29 is 51.5 Å². The first-order valence-corrected chi connectivity index (χ1v) is 31.9. The Morgan fingerprint density at radius 3 is 1.78 bits per heavy atom. The number of nitrogens with one attached hydrogen (secondary N) is 7. The zero-order valence-electron chi connectivity index (χ0n) is 53.6. The molecule has 6 rings (SSSR count). The van der Waals surface area contributed by atoms with Crippen molar-refractivity contribution in [3.63, 3.8) is 0 Å². The molecule has 0 heterocycles.